The van der Waals surface area contributed by atoms with Gasteiger partial charge in [-0.3, -0.25) is 4.90 Å². The largest absolute Gasteiger partial charge is 0.377 e. The first-order valence-corrected chi connectivity index (χ1v) is 9.25. The van der Waals surface area contributed by atoms with Crippen molar-refractivity contribution in [1.82, 2.24) is 4.90 Å². The van der Waals surface area contributed by atoms with Crippen molar-refractivity contribution < 1.29 is 4.74 Å². The zero-order valence-electron chi connectivity index (χ0n) is 14.2. The number of fused-ring (bicyclic) bond motifs is 1. The summed E-state index contributed by atoms with van der Waals surface area (Å²) in [4.78, 5) is 2.45. The van der Waals surface area contributed by atoms with Crippen molar-refractivity contribution >= 4 is 0 Å². The van der Waals surface area contributed by atoms with Gasteiger partial charge in [0.2, 0.25) is 0 Å². The molecular formula is C21H29NO. The first-order valence-electron chi connectivity index (χ1n) is 9.25. The number of ether oxygens (including phenoxy) is 1. The second-order valence-electron chi connectivity index (χ2n) is 6.91. The van der Waals surface area contributed by atoms with Crippen molar-refractivity contribution in [3.8, 4) is 12.3 Å². The van der Waals surface area contributed by atoms with Crippen LogP contribution < -0.4 is 0 Å². The van der Waals surface area contributed by atoms with Crippen LogP contribution in [-0.4, -0.2) is 30.7 Å². The van der Waals surface area contributed by atoms with Crippen molar-refractivity contribution in [2.45, 2.75) is 63.5 Å². The molecule has 2 aliphatic rings. The Bertz CT molecular complexity index is 527. The Labute approximate surface area is 141 Å². The van der Waals surface area contributed by atoms with Gasteiger partial charge in [-0.25, -0.2) is 0 Å². The molecule has 2 heteroatoms. The molecule has 1 atom stereocenters. The van der Waals surface area contributed by atoms with E-state index in [1.807, 2.05) is 0 Å². The lowest BCUT2D eigenvalue weighted by molar-refractivity contribution is 0.0111. The number of aryl methyl sites for hydroxylation is 1. The summed E-state index contributed by atoms with van der Waals surface area (Å²) in [6.45, 7) is 2.47. The lowest BCUT2D eigenvalue weighted by Crippen LogP contribution is -2.35. The van der Waals surface area contributed by atoms with E-state index in [1.54, 1.807) is 0 Å². The van der Waals surface area contributed by atoms with Gasteiger partial charge in [0.1, 0.15) is 0 Å². The third-order valence-corrected chi connectivity index (χ3v) is 5.36. The Hall–Kier alpha value is -1.30. The van der Waals surface area contributed by atoms with E-state index in [-0.39, 0.29) is 0 Å². The predicted molar refractivity (Wildman–Crippen MR) is 95.4 cm³/mol. The average molecular weight is 311 g/mol. The van der Waals surface area contributed by atoms with Crippen molar-refractivity contribution in [3.63, 3.8) is 0 Å². The standard InChI is InChI=1S/C21H29NO/c1-2-15-22(16-17-23-19-11-4-3-5-12-19)21-14-8-10-18-9-6-7-13-20(18)21/h1,6-7,9,13,19,21H,3-5,8,10-12,14-17H2. The summed E-state index contributed by atoms with van der Waals surface area (Å²) in [6, 6.07) is 9.33. The van der Waals surface area contributed by atoms with E-state index in [4.69, 9.17) is 11.2 Å². The molecule has 23 heavy (non-hydrogen) atoms. The molecule has 1 aromatic carbocycles. The Morgan fingerprint density at radius 2 is 1.91 bits per heavy atom. The van der Waals surface area contributed by atoms with Gasteiger partial charge < -0.3 is 4.74 Å². The molecule has 0 amide bonds. The van der Waals surface area contributed by atoms with Gasteiger partial charge in [0.25, 0.3) is 0 Å². The van der Waals surface area contributed by atoms with Crippen LogP contribution in [0.25, 0.3) is 0 Å². The minimum Gasteiger partial charge on any atom is -0.377 e. The maximum atomic E-state index is 6.13. The maximum absolute atomic E-state index is 6.13. The van der Waals surface area contributed by atoms with E-state index in [1.165, 1.54) is 62.5 Å². The molecule has 124 valence electrons. The third kappa shape index (κ3) is 4.37. The minimum absolute atomic E-state index is 0.464. The van der Waals surface area contributed by atoms with Crippen LogP contribution in [0, 0.1) is 12.3 Å². The van der Waals surface area contributed by atoms with E-state index in [9.17, 15) is 0 Å². The summed E-state index contributed by atoms with van der Waals surface area (Å²) in [6.07, 6.45) is 16.3. The summed E-state index contributed by atoms with van der Waals surface area (Å²) >= 11 is 0. The van der Waals surface area contributed by atoms with Gasteiger partial charge in [0.05, 0.1) is 19.3 Å². The highest BCUT2D eigenvalue weighted by Crippen LogP contribution is 2.34. The van der Waals surface area contributed by atoms with Crippen LogP contribution in [0.1, 0.15) is 62.1 Å². The summed E-state index contributed by atoms with van der Waals surface area (Å²) in [5, 5.41) is 0. The first-order chi connectivity index (χ1) is 11.4. The number of hydrogen-bond donors (Lipinski definition) is 0. The summed E-state index contributed by atoms with van der Waals surface area (Å²) in [7, 11) is 0. The Morgan fingerprint density at radius 1 is 1.09 bits per heavy atom. The normalized spacial score (nSPS) is 21.8. The molecule has 0 bridgehead atoms. The highest BCUT2D eigenvalue weighted by Gasteiger charge is 2.25. The summed E-state index contributed by atoms with van der Waals surface area (Å²) in [5.41, 5.74) is 2.98. The average Bonchev–Trinajstić information content (AvgIpc) is 2.61. The molecule has 0 heterocycles. The number of benzene rings is 1. The number of rotatable bonds is 6. The van der Waals surface area contributed by atoms with Crippen LogP contribution in [0.5, 0.6) is 0 Å². The Kier molecular flexibility index (Phi) is 6.13. The van der Waals surface area contributed by atoms with Crippen LogP contribution in [0.15, 0.2) is 24.3 Å². The second kappa shape index (κ2) is 8.52. The molecule has 1 saturated carbocycles. The first kappa shape index (κ1) is 16.6. The summed E-state index contributed by atoms with van der Waals surface area (Å²) in [5.74, 6) is 2.85. The van der Waals surface area contributed by atoms with Crippen LogP contribution in [0.3, 0.4) is 0 Å². The zero-order chi connectivity index (χ0) is 15.9. The maximum Gasteiger partial charge on any atom is 0.0605 e. The quantitative estimate of drug-likeness (QED) is 0.724. The molecule has 2 nitrogen and oxygen atoms in total. The fourth-order valence-corrected chi connectivity index (χ4v) is 4.14. The van der Waals surface area contributed by atoms with Gasteiger partial charge in [-0.1, -0.05) is 49.4 Å². The highest BCUT2D eigenvalue weighted by molar-refractivity contribution is 5.32. The van der Waals surface area contributed by atoms with Crippen molar-refractivity contribution in [2.75, 3.05) is 19.7 Å². The smallest absolute Gasteiger partial charge is 0.0605 e. The van der Waals surface area contributed by atoms with Gasteiger partial charge >= 0.3 is 0 Å². The fraction of sp³-hybridized carbons (Fsp3) is 0.619. The Balaban J connectivity index is 1.59. The van der Waals surface area contributed by atoms with Crippen molar-refractivity contribution in [3.05, 3.63) is 35.4 Å². The third-order valence-electron chi connectivity index (χ3n) is 5.36. The topological polar surface area (TPSA) is 12.5 Å². The number of hydrogen-bond acceptors (Lipinski definition) is 2. The van der Waals surface area contributed by atoms with Gasteiger partial charge in [-0.05, 0) is 43.2 Å². The predicted octanol–water partition coefficient (Wildman–Crippen LogP) is 4.35. The second-order valence-corrected chi connectivity index (χ2v) is 6.91. The van der Waals surface area contributed by atoms with E-state index in [0.29, 0.717) is 18.7 Å². The molecule has 0 saturated heterocycles. The van der Waals surface area contributed by atoms with Crippen LogP contribution in [0.4, 0.5) is 0 Å². The minimum atomic E-state index is 0.464. The zero-order valence-corrected chi connectivity index (χ0v) is 14.2. The van der Waals surface area contributed by atoms with E-state index in [2.05, 4.69) is 35.1 Å². The monoisotopic (exact) mass is 311 g/mol. The molecule has 1 aromatic rings. The molecule has 0 aliphatic heterocycles. The number of terminal acetylenes is 1. The summed E-state index contributed by atoms with van der Waals surface area (Å²) < 4.78 is 6.13. The van der Waals surface area contributed by atoms with E-state index in [0.717, 1.165) is 13.2 Å². The lowest BCUT2D eigenvalue weighted by atomic mass is 9.87. The molecule has 0 spiro atoms. The SMILES string of the molecule is C#CCN(CCOC1CCCCC1)C1CCCc2ccccc21. The molecule has 1 unspecified atom stereocenters. The van der Waals surface area contributed by atoms with Crippen LogP contribution in [0.2, 0.25) is 0 Å². The fourth-order valence-electron chi connectivity index (χ4n) is 4.14. The molecule has 0 aromatic heterocycles. The molecule has 0 N–H and O–H groups in total. The molecule has 1 fully saturated rings. The molecule has 2 aliphatic carbocycles. The highest BCUT2D eigenvalue weighted by atomic mass is 16.5. The lowest BCUT2D eigenvalue weighted by Gasteiger charge is -2.35. The van der Waals surface area contributed by atoms with Gasteiger partial charge in [0.15, 0.2) is 0 Å². The molecule has 3 rings (SSSR count). The van der Waals surface area contributed by atoms with Gasteiger partial charge in [0, 0.05) is 12.6 Å². The van der Waals surface area contributed by atoms with Gasteiger partial charge in [-0.2, -0.15) is 0 Å². The van der Waals surface area contributed by atoms with Gasteiger partial charge in [-0.15, -0.1) is 6.42 Å². The van der Waals surface area contributed by atoms with Crippen molar-refractivity contribution in [2.24, 2.45) is 0 Å². The van der Waals surface area contributed by atoms with Crippen LogP contribution >= 0.6 is 0 Å². The van der Waals surface area contributed by atoms with Crippen LogP contribution in [-0.2, 0) is 11.2 Å². The Morgan fingerprint density at radius 3 is 2.74 bits per heavy atom. The van der Waals surface area contributed by atoms with Crippen molar-refractivity contribution in [1.29, 1.82) is 0 Å². The molecular weight excluding hydrogens is 282 g/mol. The molecule has 0 radical (unpaired) electrons. The van der Waals surface area contributed by atoms with E-state index >= 15 is 0 Å². The van der Waals surface area contributed by atoms with E-state index < -0.39 is 0 Å². The number of nitrogens with zero attached hydrogens (tertiary/aromatic N) is 1.